The van der Waals surface area contributed by atoms with Gasteiger partial charge in [0.15, 0.2) is 5.65 Å². The van der Waals surface area contributed by atoms with E-state index < -0.39 is 5.69 Å². The van der Waals surface area contributed by atoms with Gasteiger partial charge in [-0.05, 0) is 54.1 Å². The molecule has 4 heterocycles. The van der Waals surface area contributed by atoms with Crippen LogP contribution < -0.4 is 11.2 Å². The first-order valence-corrected chi connectivity index (χ1v) is 13.5. The normalized spacial score (nSPS) is 11.7. The number of pyridine rings is 1. The van der Waals surface area contributed by atoms with Crippen LogP contribution in [-0.4, -0.2) is 24.1 Å². The van der Waals surface area contributed by atoms with Crippen molar-refractivity contribution in [3.8, 4) is 27.3 Å². The van der Waals surface area contributed by atoms with Gasteiger partial charge in [-0.3, -0.25) is 4.79 Å². The number of H-pyrrole nitrogens is 1. The Kier molecular flexibility index (Phi) is 5.30. The Balaban J connectivity index is 1.47. The Morgan fingerprint density at radius 1 is 0.923 bits per heavy atom. The van der Waals surface area contributed by atoms with Crippen LogP contribution >= 0.6 is 22.9 Å². The van der Waals surface area contributed by atoms with Crippen LogP contribution in [0.1, 0.15) is 11.1 Å². The first kappa shape index (κ1) is 23.6. The lowest BCUT2D eigenvalue weighted by Gasteiger charge is -2.15. The standard InChI is InChI=1S/C30H20ClN5O2S/c1-16-17(2)28-32-15-33-35(28)14-21(16)20-10-6-11-22(31)26(20)25-13-23-27(39-25)29(37)36(30(38)34-23)24-12-5-8-18-7-3-4-9-19(18)24/h3-15H,1-2H3,(H,34,38). The third-order valence-corrected chi connectivity index (χ3v) is 8.71. The molecule has 0 saturated carbocycles. The van der Waals surface area contributed by atoms with Crippen LogP contribution in [0.4, 0.5) is 0 Å². The van der Waals surface area contributed by atoms with Crippen LogP contribution in [0.2, 0.25) is 5.02 Å². The molecule has 7 aromatic rings. The van der Waals surface area contributed by atoms with Gasteiger partial charge in [0.05, 0.1) is 11.2 Å². The molecule has 3 aromatic carbocycles. The molecule has 0 atom stereocenters. The summed E-state index contributed by atoms with van der Waals surface area (Å²) in [6.45, 7) is 4.07. The van der Waals surface area contributed by atoms with Crippen molar-refractivity contribution in [3.63, 3.8) is 0 Å². The number of hydrogen-bond acceptors (Lipinski definition) is 5. The van der Waals surface area contributed by atoms with Gasteiger partial charge in [-0.15, -0.1) is 11.3 Å². The molecule has 7 nitrogen and oxygen atoms in total. The molecule has 9 heteroatoms. The van der Waals surface area contributed by atoms with E-state index in [0.29, 0.717) is 20.9 Å². The van der Waals surface area contributed by atoms with Crippen molar-refractivity contribution in [3.05, 3.63) is 116 Å². The highest BCUT2D eigenvalue weighted by Gasteiger charge is 2.20. The predicted octanol–water partition coefficient (Wildman–Crippen LogP) is 6.54. The number of halogens is 1. The van der Waals surface area contributed by atoms with Crippen molar-refractivity contribution in [2.24, 2.45) is 0 Å². The first-order chi connectivity index (χ1) is 18.9. The topological polar surface area (TPSA) is 85.0 Å². The van der Waals surface area contributed by atoms with Gasteiger partial charge in [0.1, 0.15) is 11.0 Å². The highest BCUT2D eigenvalue weighted by Crippen LogP contribution is 2.43. The van der Waals surface area contributed by atoms with E-state index >= 15 is 0 Å². The van der Waals surface area contributed by atoms with Crippen LogP contribution in [0.25, 0.3) is 53.9 Å². The average Bonchev–Trinajstić information content (AvgIpc) is 3.58. The molecule has 0 saturated heterocycles. The zero-order valence-electron chi connectivity index (χ0n) is 20.9. The van der Waals surface area contributed by atoms with E-state index in [1.165, 1.54) is 22.2 Å². The second-order valence-corrected chi connectivity index (χ2v) is 10.9. The number of nitrogens with one attached hydrogen (secondary N) is 1. The van der Waals surface area contributed by atoms with Gasteiger partial charge in [-0.1, -0.05) is 60.1 Å². The Morgan fingerprint density at radius 2 is 1.72 bits per heavy atom. The van der Waals surface area contributed by atoms with Gasteiger partial charge in [-0.2, -0.15) is 5.10 Å². The van der Waals surface area contributed by atoms with Gasteiger partial charge < -0.3 is 4.98 Å². The fourth-order valence-corrected chi connectivity index (χ4v) is 6.67. The minimum atomic E-state index is -0.490. The van der Waals surface area contributed by atoms with Crippen molar-refractivity contribution in [2.75, 3.05) is 0 Å². The summed E-state index contributed by atoms with van der Waals surface area (Å²) in [5.41, 5.74) is 5.70. The maximum atomic E-state index is 13.8. The summed E-state index contributed by atoms with van der Waals surface area (Å²) < 4.78 is 3.42. The van der Waals surface area contributed by atoms with E-state index in [-0.39, 0.29) is 5.56 Å². The van der Waals surface area contributed by atoms with Gasteiger partial charge in [0.2, 0.25) is 0 Å². The van der Waals surface area contributed by atoms with E-state index in [0.717, 1.165) is 49.1 Å². The fourth-order valence-electron chi connectivity index (χ4n) is 5.23. The van der Waals surface area contributed by atoms with Crippen molar-refractivity contribution in [1.82, 2.24) is 24.1 Å². The third-order valence-electron chi connectivity index (χ3n) is 7.26. The third kappa shape index (κ3) is 3.56. The van der Waals surface area contributed by atoms with E-state index in [2.05, 4.69) is 22.0 Å². The highest BCUT2D eigenvalue weighted by atomic mass is 35.5. The summed E-state index contributed by atoms with van der Waals surface area (Å²) in [6, 6.07) is 20.9. The molecule has 0 aliphatic rings. The second-order valence-electron chi connectivity index (χ2n) is 9.41. The van der Waals surface area contributed by atoms with Crippen LogP contribution in [0.3, 0.4) is 0 Å². The molecule has 0 spiro atoms. The van der Waals surface area contributed by atoms with E-state index in [4.69, 9.17) is 11.6 Å². The number of thiophene rings is 1. The molecule has 0 aliphatic heterocycles. The SMILES string of the molecule is Cc1c(-c2cccc(Cl)c2-c2cc3[nH]c(=O)n(-c4cccc5ccccc45)c(=O)c3s2)cn2ncnc2c1C. The van der Waals surface area contributed by atoms with Crippen LogP contribution in [0.15, 0.2) is 88.8 Å². The molecule has 0 radical (unpaired) electrons. The lowest BCUT2D eigenvalue weighted by Crippen LogP contribution is -2.33. The quantitative estimate of drug-likeness (QED) is 0.271. The number of fused-ring (bicyclic) bond motifs is 3. The van der Waals surface area contributed by atoms with Gasteiger partial charge in [0, 0.05) is 32.6 Å². The van der Waals surface area contributed by atoms with Crippen LogP contribution in [0.5, 0.6) is 0 Å². The van der Waals surface area contributed by atoms with Crippen molar-refractivity contribution in [1.29, 1.82) is 0 Å². The summed E-state index contributed by atoms with van der Waals surface area (Å²) in [4.78, 5) is 35.1. The molecule has 0 aliphatic carbocycles. The Labute approximate surface area is 230 Å². The minimum absolute atomic E-state index is 0.369. The molecule has 1 N–H and O–H groups in total. The van der Waals surface area contributed by atoms with Crippen molar-refractivity contribution >= 4 is 49.6 Å². The van der Waals surface area contributed by atoms with Crippen LogP contribution in [-0.2, 0) is 0 Å². The van der Waals surface area contributed by atoms with Gasteiger partial charge >= 0.3 is 5.69 Å². The highest BCUT2D eigenvalue weighted by molar-refractivity contribution is 7.22. The number of rotatable bonds is 3. The molecule has 0 amide bonds. The molecule has 0 unspecified atom stereocenters. The number of hydrogen-bond donors (Lipinski definition) is 1. The first-order valence-electron chi connectivity index (χ1n) is 12.3. The van der Waals surface area contributed by atoms with Gasteiger partial charge in [0.25, 0.3) is 5.56 Å². The molecule has 4 aromatic heterocycles. The monoisotopic (exact) mass is 549 g/mol. The Bertz CT molecular complexity index is 2220. The second kappa shape index (κ2) is 8.76. The molecule has 0 bridgehead atoms. The lowest BCUT2D eigenvalue weighted by atomic mass is 9.94. The molecular weight excluding hydrogens is 530 g/mol. The lowest BCUT2D eigenvalue weighted by molar-refractivity contribution is 0.911. The molecule has 0 fully saturated rings. The fraction of sp³-hybridized carbons (Fsp3) is 0.0667. The minimum Gasteiger partial charge on any atom is -0.306 e. The predicted molar refractivity (Wildman–Crippen MR) is 157 cm³/mol. The number of benzene rings is 3. The summed E-state index contributed by atoms with van der Waals surface area (Å²) in [5, 5.41) is 6.66. The molecule has 190 valence electrons. The Morgan fingerprint density at radius 3 is 2.59 bits per heavy atom. The molecular formula is C30H20ClN5O2S. The zero-order valence-corrected chi connectivity index (χ0v) is 22.5. The zero-order chi connectivity index (χ0) is 26.8. The smallest absolute Gasteiger partial charge is 0.306 e. The molecule has 7 rings (SSSR count). The van der Waals surface area contributed by atoms with Crippen LogP contribution in [0, 0.1) is 13.8 Å². The average molecular weight is 550 g/mol. The summed E-state index contributed by atoms with van der Waals surface area (Å²) >= 11 is 8.13. The van der Waals surface area contributed by atoms with E-state index in [1.807, 2.05) is 73.8 Å². The van der Waals surface area contributed by atoms with E-state index in [9.17, 15) is 9.59 Å². The number of nitrogens with zero attached hydrogens (tertiary/aromatic N) is 4. The number of aryl methyl sites for hydroxylation is 1. The van der Waals surface area contributed by atoms with Crippen molar-refractivity contribution in [2.45, 2.75) is 13.8 Å². The maximum Gasteiger partial charge on any atom is 0.333 e. The largest absolute Gasteiger partial charge is 0.333 e. The summed E-state index contributed by atoms with van der Waals surface area (Å²) in [5.74, 6) is 0. The number of aromatic amines is 1. The Hall–Kier alpha value is -4.53. The van der Waals surface area contributed by atoms with Gasteiger partial charge in [-0.25, -0.2) is 18.9 Å². The van der Waals surface area contributed by atoms with E-state index in [1.54, 1.807) is 10.6 Å². The summed E-state index contributed by atoms with van der Waals surface area (Å²) in [6.07, 6.45) is 3.48. The van der Waals surface area contributed by atoms with Crippen molar-refractivity contribution < 1.29 is 0 Å². The number of aromatic nitrogens is 5. The maximum absolute atomic E-state index is 13.8. The molecule has 39 heavy (non-hydrogen) atoms. The summed E-state index contributed by atoms with van der Waals surface area (Å²) in [7, 11) is 0.